The van der Waals surface area contributed by atoms with Crippen LogP contribution in [-0.4, -0.2) is 17.7 Å². The number of hydrogen-bond acceptors (Lipinski definition) is 4. The summed E-state index contributed by atoms with van der Waals surface area (Å²) in [6, 6.07) is 1.35. The minimum absolute atomic E-state index is 0.0619. The van der Waals surface area contributed by atoms with Crippen molar-refractivity contribution < 1.29 is 19.1 Å². The first kappa shape index (κ1) is 7.65. The standard InChI is InChI=1S/C7H8O4/c1-2-10-6(8)5-3-4-11-7(5)9/h3-4,9H,2H2,1H3. The SMILES string of the molecule is CCOC(=O)c1ccoc1O. The van der Waals surface area contributed by atoms with Gasteiger partial charge in [-0.1, -0.05) is 0 Å². The summed E-state index contributed by atoms with van der Waals surface area (Å²) in [6.07, 6.45) is 1.22. The highest BCUT2D eigenvalue weighted by Gasteiger charge is 2.13. The molecule has 0 aliphatic carbocycles. The molecule has 0 fully saturated rings. The Balaban J connectivity index is 2.76. The Bertz CT molecular complexity index is 251. The van der Waals surface area contributed by atoms with E-state index < -0.39 is 11.9 Å². The molecule has 0 atom stereocenters. The van der Waals surface area contributed by atoms with E-state index in [-0.39, 0.29) is 12.2 Å². The third kappa shape index (κ3) is 1.52. The fourth-order valence-corrected chi connectivity index (χ4v) is 0.665. The van der Waals surface area contributed by atoms with E-state index in [1.807, 2.05) is 0 Å². The molecule has 1 heterocycles. The molecule has 0 radical (unpaired) electrons. The molecule has 0 spiro atoms. The number of esters is 1. The molecule has 11 heavy (non-hydrogen) atoms. The lowest BCUT2D eigenvalue weighted by Gasteiger charge is -1.96. The molecule has 0 saturated heterocycles. The molecule has 0 saturated carbocycles. The van der Waals surface area contributed by atoms with Crippen LogP contribution in [0.4, 0.5) is 0 Å². The highest BCUT2D eigenvalue weighted by molar-refractivity contribution is 5.91. The van der Waals surface area contributed by atoms with Gasteiger partial charge in [-0.3, -0.25) is 0 Å². The smallest absolute Gasteiger partial charge is 0.345 e. The number of furan rings is 1. The number of ether oxygens (including phenoxy) is 1. The van der Waals surface area contributed by atoms with Crippen LogP contribution in [0.3, 0.4) is 0 Å². The van der Waals surface area contributed by atoms with Crippen LogP contribution in [0, 0.1) is 0 Å². The molecule has 1 aromatic rings. The quantitative estimate of drug-likeness (QED) is 0.652. The molecule has 0 aliphatic rings. The number of carbonyl (C=O) groups excluding carboxylic acids is 1. The Hall–Kier alpha value is -1.45. The minimum atomic E-state index is -0.571. The monoisotopic (exact) mass is 156 g/mol. The first-order valence-corrected chi connectivity index (χ1v) is 3.19. The minimum Gasteiger partial charge on any atom is -0.480 e. The van der Waals surface area contributed by atoms with E-state index in [2.05, 4.69) is 9.15 Å². The average Bonchev–Trinajstić information content (AvgIpc) is 2.36. The molecule has 60 valence electrons. The predicted molar refractivity (Wildman–Crippen MR) is 36.3 cm³/mol. The zero-order valence-electron chi connectivity index (χ0n) is 6.03. The molecule has 1 aromatic heterocycles. The Morgan fingerprint density at radius 3 is 3.00 bits per heavy atom. The zero-order valence-corrected chi connectivity index (χ0v) is 6.03. The lowest BCUT2D eigenvalue weighted by molar-refractivity contribution is 0.0520. The van der Waals surface area contributed by atoms with Crippen LogP contribution >= 0.6 is 0 Å². The summed E-state index contributed by atoms with van der Waals surface area (Å²) < 4.78 is 9.09. The average molecular weight is 156 g/mol. The van der Waals surface area contributed by atoms with Gasteiger partial charge in [-0.2, -0.15) is 0 Å². The Morgan fingerprint density at radius 2 is 2.55 bits per heavy atom. The summed E-state index contributed by atoms with van der Waals surface area (Å²) in [5, 5.41) is 8.88. The first-order valence-electron chi connectivity index (χ1n) is 3.19. The molecule has 0 aliphatic heterocycles. The Kier molecular flexibility index (Phi) is 2.15. The summed E-state index contributed by atoms with van der Waals surface area (Å²) in [5.74, 6) is -0.970. The van der Waals surface area contributed by atoms with Crippen molar-refractivity contribution in [1.82, 2.24) is 0 Å². The largest absolute Gasteiger partial charge is 0.480 e. The van der Waals surface area contributed by atoms with Gasteiger partial charge in [0.25, 0.3) is 5.95 Å². The second-order valence-corrected chi connectivity index (χ2v) is 1.86. The van der Waals surface area contributed by atoms with Crippen molar-refractivity contribution in [2.24, 2.45) is 0 Å². The molecule has 1 rings (SSSR count). The van der Waals surface area contributed by atoms with Gasteiger partial charge in [0.1, 0.15) is 5.56 Å². The van der Waals surface area contributed by atoms with E-state index in [0.717, 1.165) is 0 Å². The number of rotatable bonds is 2. The van der Waals surface area contributed by atoms with Crippen LogP contribution in [0.15, 0.2) is 16.7 Å². The van der Waals surface area contributed by atoms with E-state index >= 15 is 0 Å². The highest BCUT2D eigenvalue weighted by atomic mass is 16.5. The van der Waals surface area contributed by atoms with E-state index in [1.165, 1.54) is 12.3 Å². The maximum atomic E-state index is 10.9. The van der Waals surface area contributed by atoms with Crippen molar-refractivity contribution >= 4 is 5.97 Å². The normalized spacial score (nSPS) is 9.55. The van der Waals surface area contributed by atoms with E-state index in [0.29, 0.717) is 0 Å². The second kappa shape index (κ2) is 3.09. The Labute approximate surface area is 63.4 Å². The summed E-state index contributed by atoms with van der Waals surface area (Å²) in [7, 11) is 0. The van der Waals surface area contributed by atoms with Crippen LogP contribution in [0.1, 0.15) is 17.3 Å². The molecule has 4 nitrogen and oxygen atoms in total. The van der Waals surface area contributed by atoms with Gasteiger partial charge in [-0.25, -0.2) is 4.79 Å². The van der Waals surface area contributed by atoms with Crippen molar-refractivity contribution in [3.8, 4) is 5.95 Å². The summed E-state index contributed by atoms with van der Waals surface area (Å²) in [5.41, 5.74) is 0.0619. The third-order valence-corrected chi connectivity index (χ3v) is 1.14. The fourth-order valence-electron chi connectivity index (χ4n) is 0.665. The molecule has 0 aromatic carbocycles. The van der Waals surface area contributed by atoms with Gasteiger partial charge < -0.3 is 14.3 Å². The summed E-state index contributed by atoms with van der Waals surface area (Å²) in [6.45, 7) is 1.97. The van der Waals surface area contributed by atoms with Crippen LogP contribution in [-0.2, 0) is 4.74 Å². The van der Waals surface area contributed by atoms with Crippen LogP contribution < -0.4 is 0 Å². The van der Waals surface area contributed by atoms with Gasteiger partial charge in [0, 0.05) is 0 Å². The molecule has 0 unspecified atom stereocenters. The second-order valence-electron chi connectivity index (χ2n) is 1.86. The maximum absolute atomic E-state index is 10.9. The molecular weight excluding hydrogens is 148 g/mol. The van der Waals surface area contributed by atoms with Crippen LogP contribution in [0.2, 0.25) is 0 Å². The zero-order chi connectivity index (χ0) is 8.27. The van der Waals surface area contributed by atoms with Gasteiger partial charge in [0.15, 0.2) is 0 Å². The number of hydrogen-bond donors (Lipinski definition) is 1. The molecule has 4 heteroatoms. The lowest BCUT2D eigenvalue weighted by atomic mass is 10.3. The molecule has 0 amide bonds. The van der Waals surface area contributed by atoms with Crippen molar-refractivity contribution in [3.05, 3.63) is 17.9 Å². The maximum Gasteiger partial charge on any atom is 0.345 e. The topological polar surface area (TPSA) is 59.7 Å². The van der Waals surface area contributed by atoms with E-state index in [9.17, 15) is 4.79 Å². The van der Waals surface area contributed by atoms with E-state index in [4.69, 9.17) is 5.11 Å². The first-order chi connectivity index (χ1) is 5.25. The van der Waals surface area contributed by atoms with Gasteiger partial charge in [-0.05, 0) is 13.0 Å². The van der Waals surface area contributed by atoms with Gasteiger partial charge >= 0.3 is 5.97 Å². The Morgan fingerprint density at radius 1 is 1.82 bits per heavy atom. The summed E-state index contributed by atoms with van der Waals surface area (Å²) in [4.78, 5) is 10.9. The number of aromatic hydroxyl groups is 1. The lowest BCUT2D eigenvalue weighted by Crippen LogP contribution is -2.02. The molecule has 1 N–H and O–H groups in total. The van der Waals surface area contributed by atoms with Crippen LogP contribution in [0.5, 0.6) is 5.95 Å². The van der Waals surface area contributed by atoms with Gasteiger partial charge in [-0.15, -0.1) is 0 Å². The molecular formula is C7H8O4. The van der Waals surface area contributed by atoms with Crippen molar-refractivity contribution in [3.63, 3.8) is 0 Å². The molecule has 0 bridgehead atoms. The summed E-state index contributed by atoms with van der Waals surface area (Å²) >= 11 is 0. The highest BCUT2D eigenvalue weighted by Crippen LogP contribution is 2.17. The van der Waals surface area contributed by atoms with Gasteiger partial charge in [0.2, 0.25) is 0 Å². The van der Waals surface area contributed by atoms with Gasteiger partial charge in [0.05, 0.1) is 12.9 Å². The van der Waals surface area contributed by atoms with Crippen molar-refractivity contribution in [1.29, 1.82) is 0 Å². The van der Waals surface area contributed by atoms with Crippen molar-refractivity contribution in [2.75, 3.05) is 6.61 Å². The number of carbonyl (C=O) groups is 1. The van der Waals surface area contributed by atoms with Crippen molar-refractivity contribution in [2.45, 2.75) is 6.92 Å². The van der Waals surface area contributed by atoms with E-state index in [1.54, 1.807) is 6.92 Å². The fraction of sp³-hybridized carbons (Fsp3) is 0.286. The predicted octanol–water partition coefficient (Wildman–Crippen LogP) is 1.16. The third-order valence-electron chi connectivity index (χ3n) is 1.14. The van der Waals surface area contributed by atoms with Crippen LogP contribution in [0.25, 0.3) is 0 Å².